The van der Waals surface area contributed by atoms with Crippen molar-refractivity contribution < 1.29 is 14.6 Å². The summed E-state index contributed by atoms with van der Waals surface area (Å²) in [5.41, 5.74) is 5.89. The first-order valence-electron chi connectivity index (χ1n) is 12.5. The Bertz CT molecular complexity index is 1280. The van der Waals surface area contributed by atoms with E-state index in [9.17, 15) is 4.79 Å². The predicted molar refractivity (Wildman–Crippen MR) is 145 cm³/mol. The highest BCUT2D eigenvalue weighted by Crippen LogP contribution is 2.33. The molecule has 0 spiro atoms. The number of carboxylic acid groups (broad SMARTS) is 1. The topological polar surface area (TPSA) is 71.5 Å². The number of aromatic nitrogens is 1. The van der Waals surface area contributed by atoms with E-state index in [4.69, 9.17) is 9.84 Å². The minimum Gasteiger partial charge on any atom is -0.489 e. The first-order chi connectivity index (χ1) is 17.6. The van der Waals surface area contributed by atoms with E-state index in [2.05, 4.69) is 34.6 Å². The molecule has 0 radical (unpaired) electrons. The van der Waals surface area contributed by atoms with Crippen LogP contribution in [0.15, 0.2) is 78.2 Å². The highest BCUT2D eigenvalue weighted by Gasteiger charge is 2.15. The lowest BCUT2D eigenvalue weighted by atomic mass is 9.84. The normalized spacial score (nSPS) is 13.9. The number of anilines is 1. The van der Waals surface area contributed by atoms with Crippen LogP contribution >= 0.6 is 11.3 Å². The molecule has 4 aromatic rings. The van der Waals surface area contributed by atoms with Gasteiger partial charge in [-0.25, -0.2) is 9.78 Å². The molecule has 1 fully saturated rings. The molecule has 36 heavy (non-hydrogen) atoms. The summed E-state index contributed by atoms with van der Waals surface area (Å²) < 4.78 is 6.02. The molecule has 3 aromatic carbocycles. The van der Waals surface area contributed by atoms with Crippen LogP contribution in [0.25, 0.3) is 11.3 Å². The molecule has 0 atom stereocenters. The Hall–Kier alpha value is -3.64. The largest absolute Gasteiger partial charge is 0.489 e. The Morgan fingerprint density at radius 3 is 2.31 bits per heavy atom. The van der Waals surface area contributed by atoms with Gasteiger partial charge in [0.25, 0.3) is 0 Å². The lowest BCUT2D eigenvalue weighted by Gasteiger charge is -2.22. The van der Waals surface area contributed by atoms with E-state index in [1.54, 1.807) is 23.5 Å². The van der Waals surface area contributed by atoms with Gasteiger partial charge in [0.2, 0.25) is 0 Å². The number of nitrogens with one attached hydrogen (secondary N) is 1. The summed E-state index contributed by atoms with van der Waals surface area (Å²) in [5, 5.41) is 15.2. The van der Waals surface area contributed by atoms with E-state index in [-0.39, 0.29) is 5.56 Å². The zero-order chi connectivity index (χ0) is 24.7. The Kier molecular flexibility index (Phi) is 7.62. The van der Waals surface area contributed by atoms with Crippen molar-refractivity contribution in [2.75, 3.05) is 5.32 Å². The molecule has 1 aliphatic carbocycles. The van der Waals surface area contributed by atoms with Crippen LogP contribution in [0.5, 0.6) is 5.75 Å². The Morgan fingerprint density at radius 2 is 1.61 bits per heavy atom. The number of nitrogens with zero attached hydrogens (tertiary/aromatic N) is 1. The van der Waals surface area contributed by atoms with Gasteiger partial charge in [0.1, 0.15) is 12.4 Å². The van der Waals surface area contributed by atoms with Gasteiger partial charge in [0.05, 0.1) is 11.3 Å². The Labute approximate surface area is 215 Å². The van der Waals surface area contributed by atoms with Crippen LogP contribution in [0.4, 0.5) is 5.13 Å². The van der Waals surface area contributed by atoms with E-state index in [1.807, 2.05) is 41.8 Å². The van der Waals surface area contributed by atoms with Crippen LogP contribution in [-0.4, -0.2) is 16.1 Å². The number of aromatic carboxylic acids is 1. The predicted octanol–water partition coefficient (Wildman–Crippen LogP) is 7.75. The van der Waals surface area contributed by atoms with Gasteiger partial charge in [-0.3, -0.25) is 0 Å². The van der Waals surface area contributed by atoms with Gasteiger partial charge in [-0.15, -0.1) is 11.3 Å². The van der Waals surface area contributed by atoms with Crippen LogP contribution < -0.4 is 10.1 Å². The Balaban J connectivity index is 1.12. The zero-order valence-corrected chi connectivity index (χ0v) is 21.0. The molecular weight excluding hydrogens is 468 g/mol. The van der Waals surface area contributed by atoms with E-state index in [0.29, 0.717) is 13.2 Å². The second-order valence-corrected chi connectivity index (χ2v) is 10.1. The third-order valence-corrected chi connectivity index (χ3v) is 7.56. The summed E-state index contributed by atoms with van der Waals surface area (Å²) in [5.74, 6) is 0.653. The van der Waals surface area contributed by atoms with Crippen molar-refractivity contribution in [2.24, 2.45) is 0 Å². The number of hydrogen-bond donors (Lipinski definition) is 2. The minimum absolute atomic E-state index is 0.287. The summed E-state index contributed by atoms with van der Waals surface area (Å²) >= 11 is 1.55. The van der Waals surface area contributed by atoms with Gasteiger partial charge in [-0.1, -0.05) is 55.7 Å². The third kappa shape index (κ3) is 6.13. The van der Waals surface area contributed by atoms with Crippen molar-refractivity contribution in [2.45, 2.75) is 51.2 Å². The number of rotatable bonds is 9. The second kappa shape index (κ2) is 11.4. The molecule has 0 bridgehead atoms. The molecule has 1 aromatic heterocycles. The van der Waals surface area contributed by atoms with E-state index < -0.39 is 5.97 Å². The van der Waals surface area contributed by atoms with Crippen molar-refractivity contribution in [1.82, 2.24) is 4.98 Å². The van der Waals surface area contributed by atoms with Crippen molar-refractivity contribution in [3.8, 4) is 17.0 Å². The van der Waals surface area contributed by atoms with Gasteiger partial charge < -0.3 is 15.2 Å². The van der Waals surface area contributed by atoms with Crippen molar-refractivity contribution >= 4 is 22.4 Å². The molecule has 2 N–H and O–H groups in total. The number of carboxylic acids is 1. The molecule has 184 valence electrons. The maximum atomic E-state index is 11.0. The SMILES string of the molecule is O=C(O)c1ccc(CNc2nc(-c3ccc(OCc4ccc(C5CCCCC5)cc4)cc3)cs2)cc1. The minimum atomic E-state index is -0.918. The van der Waals surface area contributed by atoms with Gasteiger partial charge in [0, 0.05) is 17.5 Å². The molecule has 1 aliphatic rings. The van der Waals surface area contributed by atoms with Gasteiger partial charge in [-0.05, 0) is 71.8 Å². The third-order valence-electron chi connectivity index (χ3n) is 6.76. The fourth-order valence-electron chi connectivity index (χ4n) is 4.64. The van der Waals surface area contributed by atoms with E-state index in [1.165, 1.54) is 43.2 Å². The summed E-state index contributed by atoms with van der Waals surface area (Å²) in [6.45, 7) is 1.14. The fraction of sp³-hybridized carbons (Fsp3) is 0.267. The van der Waals surface area contributed by atoms with Gasteiger partial charge >= 0.3 is 5.97 Å². The standard InChI is InChI=1S/C30H30N2O3S/c33-29(34)26-12-6-21(7-13-26)18-31-30-32-28(20-36-30)25-14-16-27(17-15-25)35-19-22-8-10-24(11-9-22)23-4-2-1-3-5-23/h6-17,20,23H,1-5,18-19H2,(H,31,32)(H,33,34). The van der Waals surface area contributed by atoms with E-state index in [0.717, 1.165) is 33.6 Å². The lowest BCUT2D eigenvalue weighted by molar-refractivity contribution is 0.0697. The smallest absolute Gasteiger partial charge is 0.335 e. The molecule has 5 rings (SSSR count). The van der Waals surface area contributed by atoms with Crippen LogP contribution in [0, 0.1) is 0 Å². The summed E-state index contributed by atoms with van der Waals surface area (Å²) in [7, 11) is 0. The van der Waals surface area contributed by atoms with Crippen LogP contribution in [-0.2, 0) is 13.2 Å². The number of carbonyl (C=O) groups is 1. The first kappa shape index (κ1) is 24.1. The molecule has 0 amide bonds. The lowest BCUT2D eigenvalue weighted by Crippen LogP contribution is -2.04. The Morgan fingerprint density at radius 1 is 0.917 bits per heavy atom. The second-order valence-electron chi connectivity index (χ2n) is 9.28. The molecule has 0 saturated heterocycles. The molecule has 0 aliphatic heterocycles. The molecule has 5 nitrogen and oxygen atoms in total. The molecule has 1 heterocycles. The van der Waals surface area contributed by atoms with Crippen molar-refractivity contribution in [3.05, 3.63) is 100 Å². The monoisotopic (exact) mass is 498 g/mol. The number of thiazole rings is 1. The molecular formula is C30H30N2O3S. The highest BCUT2D eigenvalue weighted by atomic mass is 32.1. The van der Waals surface area contributed by atoms with Gasteiger partial charge in [0.15, 0.2) is 5.13 Å². The average molecular weight is 499 g/mol. The van der Waals surface area contributed by atoms with Crippen LogP contribution in [0.2, 0.25) is 0 Å². The summed E-state index contributed by atoms with van der Waals surface area (Å²) in [6, 6.07) is 23.8. The number of hydrogen-bond acceptors (Lipinski definition) is 5. The van der Waals surface area contributed by atoms with Crippen LogP contribution in [0.3, 0.4) is 0 Å². The number of ether oxygens (including phenoxy) is 1. The molecule has 0 unspecified atom stereocenters. The first-order valence-corrected chi connectivity index (χ1v) is 13.4. The maximum Gasteiger partial charge on any atom is 0.335 e. The maximum absolute atomic E-state index is 11.0. The molecule has 1 saturated carbocycles. The summed E-state index contributed by atoms with van der Waals surface area (Å²) in [4.78, 5) is 15.7. The quantitative estimate of drug-likeness (QED) is 0.247. The van der Waals surface area contributed by atoms with Crippen LogP contribution in [0.1, 0.15) is 65.1 Å². The summed E-state index contributed by atoms with van der Waals surface area (Å²) in [6.07, 6.45) is 6.74. The van der Waals surface area contributed by atoms with Crippen molar-refractivity contribution in [3.63, 3.8) is 0 Å². The fourth-order valence-corrected chi connectivity index (χ4v) is 5.36. The zero-order valence-electron chi connectivity index (χ0n) is 20.2. The van der Waals surface area contributed by atoms with Gasteiger partial charge in [-0.2, -0.15) is 0 Å². The average Bonchev–Trinajstić information content (AvgIpc) is 3.41. The van der Waals surface area contributed by atoms with Crippen molar-refractivity contribution in [1.29, 1.82) is 0 Å². The number of benzene rings is 3. The van der Waals surface area contributed by atoms with E-state index >= 15 is 0 Å². The molecule has 6 heteroatoms. The highest BCUT2D eigenvalue weighted by molar-refractivity contribution is 7.14.